The number of H-pyrrole nitrogens is 1. The molecule has 23 heavy (non-hydrogen) atoms. The molecule has 0 aromatic carbocycles. The van der Waals surface area contributed by atoms with Crippen molar-refractivity contribution in [2.24, 2.45) is 11.5 Å². The number of rotatable bonds is 4. The van der Waals surface area contributed by atoms with Crippen LogP contribution in [0.5, 0.6) is 0 Å². The van der Waals surface area contributed by atoms with Crippen LogP contribution in [0.25, 0.3) is 0 Å². The molecule has 0 radical (unpaired) electrons. The van der Waals surface area contributed by atoms with Crippen LogP contribution in [0.4, 0.5) is 0 Å². The molecule has 0 saturated carbocycles. The van der Waals surface area contributed by atoms with E-state index in [-0.39, 0.29) is 11.9 Å². The number of nitrogens with one attached hydrogen (secondary N) is 1. The summed E-state index contributed by atoms with van der Waals surface area (Å²) < 4.78 is 9.00. The molecular weight excluding hydrogens is 298 g/mol. The Balaban J connectivity index is 0.000000381. The lowest BCUT2D eigenvalue weighted by molar-refractivity contribution is 0.363. The maximum absolute atomic E-state index is 10.4. The topological polar surface area (TPSA) is 137 Å². The number of nitrogens with two attached hydrogens (primary N) is 2. The van der Waals surface area contributed by atoms with Crippen molar-refractivity contribution in [1.82, 2.24) is 15.3 Å². The third-order valence-electron chi connectivity index (χ3n) is 2.31. The van der Waals surface area contributed by atoms with Gasteiger partial charge in [0.1, 0.15) is 0 Å². The second-order valence-electron chi connectivity index (χ2n) is 3.92. The minimum atomic E-state index is -0.618. The van der Waals surface area contributed by atoms with Crippen molar-refractivity contribution in [3.8, 4) is 24.7 Å². The molecule has 0 fully saturated rings. The van der Waals surface area contributed by atoms with E-state index in [2.05, 4.69) is 31.7 Å². The summed E-state index contributed by atoms with van der Waals surface area (Å²) in [5, 5.41) is 6.87. The van der Waals surface area contributed by atoms with E-state index in [1.54, 1.807) is 12.3 Å². The van der Waals surface area contributed by atoms with Crippen LogP contribution in [0.1, 0.15) is 50.4 Å². The van der Waals surface area contributed by atoms with Gasteiger partial charge in [-0.25, -0.2) is 4.79 Å². The first-order valence-corrected chi connectivity index (χ1v) is 6.93. The fraction of sp³-hybridized carbons (Fsp3) is 0.400. The molecule has 2 heterocycles. The van der Waals surface area contributed by atoms with Crippen LogP contribution < -0.4 is 17.2 Å². The lowest BCUT2D eigenvalue weighted by Gasteiger charge is -1.99. The van der Waals surface area contributed by atoms with Crippen molar-refractivity contribution in [3.63, 3.8) is 0 Å². The van der Waals surface area contributed by atoms with Gasteiger partial charge in [-0.3, -0.25) is 9.51 Å². The first-order valence-electron chi connectivity index (χ1n) is 6.93. The normalized spacial score (nSPS) is 11.6. The van der Waals surface area contributed by atoms with Crippen molar-refractivity contribution in [2.45, 2.75) is 38.8 Å². The van der Waals surface area contributed by atoms with E-state index >= 15 is 0 Å². The zero-order valence-corrected chi connectivity index (χ0v) is 13.2. The predicted molar refractivity (Wildman–Crippen MR) is 85.7 cm³/mol. The molecule has 2 rings (SSSR count). The number of nitrogens with zero attached hydrogens (tertiary/aromatic N) is 2. The molecule has 8 nitrogen and oxygen atoms in total. The van der Waals surface area contributed by atoms with Gasteiger partial charge in [0, 0.05) is 18.9 Å². The first kappa shape index (κ1) is 20.2. The Labute approximate surface area is 134 Å². The Bertz CT molecular complexity index is 660. The molecule has 2 aromatic heterocycles. The smallest absolute Gasteiger partial charge is 0.360 e. The molecule has 0 saturated heterocycles. The van der Waals surface area contributed by atoms with Crippen LogP contribution in [0.2, 0.25) is 0 Å². The molecule has 0 amide bonds. The highest BCUT2D eigenvalue weighted by molar-refractivity contribution is 5.03. The van der Waals surface area contributed by atoms with Crippen LogP contribution >= 0.6 is 0 Å². The third kappa shape index (κ3) is 7.67. The largest absolute Gasteiger partial charge is 0.438 e. The standard InChI is InChI=1S/C7H8N2O.C6H7N3O2.C2H6/c1-2-3-6(8)7-4-5-9-10-7;1-2-3-4(7)5-8-6(10)11-9-5;1-2/h1,4-6H,3,8H2;1,4H,3,7H2,(H,8,9,10);1-2H3. The van der Waals surface area contributed by atoms with Gasteiger partial charge >= 0.3 is 5.76 Å². The zero-order chi connectivity index (χ0) is 17.7. The van der Waals surface area contributed by atoms with Gasteiger partial charge in [-0.1, -0.05) is 24.2 Å². The summed E-state index contributed by atoms with van der Waals surface area (Å²) in [6.45, 7) is 4.00. The van der Waals surface area contributed by atoms with E-state index in [0.717, 1.165) is 0 Å². The van der Waals surface area contributed by atoms with Crippen molar-refractivity contribution >= 4 is 0 Å². The Morgan fingerprint density at radius 2 is 1.83 bits per heavy atom. The molecule has 2 unspecified atom stereocenters. The summed E-state index contributed by atoms with van der Waals surface area (Å²) >= 11 is 0. The molecule has 0 aliphatic heterocycles. The highest BCUT2D eigenvalue weighted by Crippen LogP contribution is 2.10. The average Bonchev–Trinajstić information content (AvgIpc) is 3.22. The molecule has 0 spiro atoms. The first-order chi connectivity index (χ1) is 11.1. The van der Waals surface area contributed by atoms with E-state index < -0.39 is 11.8 Å². The predicted octanol–water partition coefficient (Wildman–Crippen LogP) is 1.11. The van der Waals surface area contributed by atoms with Crippen LogP contribution in [0.15, 0.2) is 26.1 Å². The maximum Gasteiger partial charge on any atom is 0.438 e. The second-order valence-corrected chi connectivity index (χ2v) is 3.92. The molecule has 124 valence electrons. The Morgan fingerprint density at radius 1 is 1.22 bits per heavy atom. The molecule has 8 heteroatoms. The van der Waals surface area contributed by atoms with Gasteiger partial charge < -0.3 is 16.0 Å². The summed E-state index contributed by atoms with van der Waals surface area (Å²) in [5.41, 5.74) is 11.1. The molecule has 0 aliphatic carbocycles. The zero-order valence-electron chi connectivity index (χ0n) is 13.2. The Hall–Kier alpha value is -2.81. The summed E-state index contributed by atoms with van der Waals surface area (Å²) in [4.78, 5) is 12.7. The van der Waals surface area contributed by atoms with Crippen molar-refractivity contribution in [1.29, 1.82) is 0 Å². The molecular formula is C15H21N5O3. The van der Waals surface area contributed by atoms with Crippen LogP contribution in [-0.2, 0) is 0 Å². The van der Waals surface area contributed by atoms with Gasteiger partial charge in [0.05, 0.1) is 18.3 Å². The molecule has 2 aromatic rings. The van der Waals surface area contributed by atoms with E-state index in [1.807, 2.05) is 13.8 Å². The van der Waals surface area contributed by atoms with Crippen LogP contribution in [0.3, 0.4) is 0 Å². The van der Waals surface area contributed by atoms with E-state index in [1.165, 1.54) is 0 Å². The fourth-order valence-electron chi connectivity index (χ4n) is 1.27. The van der Waals surface area contributed by atoms with E-state index in [9.17, 15) is 4.79 Å². The fourth-order valence-corrected chi connectivity index (χ4v) is 1.27. The molecule has 0 aliphatic rings. The number of hydrogen-bond donors (Lipinski definition) is 3. The lowest BCUT2D eigenvalue weighted by Crippen LogP contribution is -2.12. The van der Waals surface area contributed by atoms with Crippen LogP contribution in [-0.4, -0.2) is 15.3 Å². The van der Waals surface area contributed by atoms with E-state index in [0.29, 0.717) is 18.6 Å². The van der Waals surface area contributed by atoms with Crippen molar-refractivity contribution in [3.05, 3.63) is 34.4 Å². The van der Waals surface area contributed by atoms with Gasteiger partial charge in [0.2, 0.25) is 0 Å². The quantitative estimate of drug-likeness (QED) is 0.718. The number of hydrogen-bond acceptors (Lipinski definition) is 7. The SMILES string of the molecule is C#CCC(N)c1ccno1.C#CCC(N)c1noc(=O)[nH]1.CC. The highest BCUT2D eigenvalue weighted by Gasteiger charge is 2.09. The summed E-state index contributed by atoms with van der Waals surface area (Å²) in [7, 11) is 0. The van der Waals surface area contributed by atoms with Crippen molar-refractivity contribution in [2.75, 3.05) is 0 Å². The molecule has 0 bridgehead atoms. The van der Waals surface area contributed by atoms with Gasteiger partial charge in [0.25, 0.3) is 0 Å². The third-order valence-corrected chi connectivity index (χ3v) is 2.31. The summed E-state index contributed by atoms with van der Waals surface area (Å²) in [6, 6.07) is 1.04. The van der Waals surface area contributed by atoms with Gasteiger partial charge in [-0.2, -0.15) is 0 Å². The minimum absolute atomic E-state index is 0.215. The average molecular weight is 319 g/mol. The number of terminal acetylenes is 2. The number of aromatic amines is 1. The van der Waals surface area contributed by atoms with E-state index in [4.69, 9.17) is 28.8 Å². The Kier molecular flexibility index (Phi) is 10.4. The van der Waals surface area contributed by atoms with Crippen LogP contribution in [0, 0.1) is 24.7 Å². The van der Waals surface area contributed by atoms with Crippen molar-refractivity contribution < 1.29 is 9.05 Å². The summed E-state index contributed by atoms with van der Waals surface area (Å²) in [6.07, 6.45) is 12.4. The van der Waals surface area contributed by atoms with Gasteiger partial charge in [-0.05, 0) is 0 Å². The number of aromatic nitrogens is 3. The second kappa shape index (κ2) is 11.8. The monoisotopic (exact) mass is 319 g/mol. The molecule has 2 atom stereocenters. The highest BCUT2D eigenvalue weighted by atomic mass is 16.5. The maximum atomic E-state index is 10.4. The van der Waals surface area contributed by atoms with Gasteiger partial charge in [-0.15, -0.1) is 24.7 Å². The molecule has 5 N–H and O–H groups in total. The Morgan fingerprint density at radius 3 is 2.26 bits per heavy atom. The minimum Gasteiger partial charge on any atom is -0.360 e. The lowest BCUT2D eigenvalue weighted by atomic mass is 10.2. The van der Waals surface area contributed by atoms with Gasteiger partial charge in [0.15, 0.2) is 11.6 Å². The summed E-state index contributed by atoms with van der Waals surface area (Å²) in [5.74, 6) is 5.09.